The van der Waals surface area contributed by atoms with Crippen molar-refractivity contribution in [1.29, 1.82) is 0 Å². The van der Waals surface area contributed by atoms with Crippen LogP contribution in [0.3, 0.4) is 0 Å². The van der Waals surface area contributed by atoms with Gasteiger partial charge < -0.3 is 15.2 Å². The number of hydrogen-bond donors (Lipinski definition) is 2. The third kappa shape index (κ3) is 4.20. The van der Waals surface area contributed by atoms with Gasteiger partial charge in [0.05, 0.1) is 23.9 Å². The summed E-state index contributed by atoms with van der Waals surface area (Å²) in [6, 6.07) is 1.75. The zero-order valence-electron chi connectivity index (χ0n) is 15.2. The number of aromatic amines is 1. The molecule has 0 radical (unpaired) electrons. The number of likely N-dealkylation sites (tertiary alicyclic amines) is 1. The van der Waals surface area contributed by atoms with E-state index in [1.807, 2.05) is 4.90 Å². The molecule has 1 aliphatic heterocycles. The van der Waals surface area contributed by atoms with Gasteiger partial charge in [-0.25, -0.2) is 19.9 Å². The average molecular weight is 376 g/mol. The first-order chi connectivity index (χ1) is 13.8. The topological polar surface area (TPSA) is 113 Å². The van der Waals surface area contributed by atoms with Crippen LogP contribution in [0.25, 0.3) is 6.08 Å². The van der Waals surface area contributed by atoms with Gasteiger partial charge in [0.2, 0.25) is 11.9 Å². The Kier molecular flexibility index (Phi) is 5.32. The number of H-pyrrole nitrogens is 1. The van der Waals surface area contributed by atoms with E-state index < -0.39 is 0 Å². The predicted octanol–water partition coefficient (Wildman–Crippen LogP) is 2.15. The van der Waals surface area contributed by atoms with Crippen molar-refractivity contribution in [3.8, 4) is 0 Å². The molecule has 0 saturated carbocycles. The van der Waals surface area contributed by atoms with Gasteiger partial charge in [-0.3, -0.25) is 9.78 Å². The van der Waals surface area contributed by atoms with Crippen LogP contribution in [0.15, 0.2) is 49.5 Å². The summed E-state index contributed by atoms with van der Waals surface area (Å²) in [6.45, 7) is 1.32. The van der Waals surface area contributed by atoms with Gasteiger partial charge in [0.25, 0.3) is 0 Å². The molecule has 4 rings (SSSR count). The van der Waals surface area contributed by atoms with E-state index in [2.05, 4.69) is 35.2 Å². The number of imidazole rings is 1. The van der Waals surface area contributed by atoms with Crippen molar-refractivity contribution in [2.24, 2.45) is 0 Å². The predicted molar refractivity (Wildman–Crippen MR) is 104 cm³/mol. The first kappa shape index (κ1) is 17.8. The third-order valence-electron chi connectivity index (χ3n) is 4.57. The highest BCUT2D eigenvalue weighted by molar-refractivity contribution is 5.91. The van der Waals surface area contributed by atoms with Crippen LogP contribution < -0.4 is 5.32 Å². The molecule has 3 aromatic heterocycles. The van der Waals surface area contributed by atoms with Crippen molar-refractivity contribution in [2.45, 2.75) is 18.8 Å². The molecule has 28 heavy (non-hydrogen) atoms. The SMILES string of the molecule is O=C(/C=C/c1cnc[nH]1)N1CCC[C@H](c2nccnc2Nc2ncccn2)C1. The van der Waals surface area contributed by atoms with E-state index in [-0.39, 0.29) is 11.8 Å². The molecular formula is C19H20N8O. The van der Waals surface area contributed by atoms with Crippen LogP contribution in [0.1, 0.15) is 30.1 Å². The van der Waals surface area contributed by atoms with Crippen molar-refractivity contribution in [2.75, 3.05) is 18.4 Å². The molecule has 0 aliphatic carbocycles. The molecule has 142 valence electrons. The zero-order chi connectivity index (χ0) is 19.2. The highest BCUT2D eigenvalue weighted by Gasteiger charge is 2.27. The maximum Gasteiger partial charge on any atom is 0.246 e. The number of nitrogens with zero attached hydrogens (tertiary/aromatic N) is 6. The average Bonchev–Trinajstić information content (AvgIpc) is 3.27. The van der Waals surface area contributed by atoms with E-state index in [0.29, 0.717) is 18.3 Å². The fourth-order valence-corrected chi connectivity index (χ4v) is 3.24. The summed E-state index contributed by atoms with van der Waals surface area (Å²) >= 11 is 0. The number of amides is 1. The molecule has 0 bridgehead atoms. The van der Waals surface area contributed by atoms with Crippen LogP contribution >= 0.6 is 0 Å². The number of nitrogens with one attached hydrogen (secondary N) is 2. The molecular weight excluding hydrogens is 356 g/mol. The van der Waals surface area contributed by atoms with Crippen LogP contribution in [0, 0.1) is 0 Å². The summed E-state index contributed by atoms with van der Waals surface area (Å²) in [5.74, 6) is 1.17. The number of carbonyl (C=O) groups excluding carboxylic acids is 1. The molecule has 4 heterocycles. The lowest BCUT2D eigenvalue weighted by atomic mass is 9.94. The van der Waals surface area contributed by atoms with Crippen molar-refractivity contribution in [1.82, 2.24) is 34.8 Å². The molecule has 9 nitrogen and oxygen atoms in total. The Hall–Kier alpha value is -3.62. The normalized spacial score (nSPS) is 17.0. The van der Waals surface area contributed by atoms with E-state index in [4.69, 9.17) is 0 Å². The minimum Gasteiger partial charge on any atom is -0.345 e. The quantitative estimate of drug-likeness (QED) is 0.656. The number of hydrogen-bond acceptors (Lipinski definition) is 7. The number of carbonyl (C=O) groups is 1. The van der Waals surface area contributed by atoms with E-state index in [0.717, 1.165) is 30.8 Å². The molecule has 1 aliphatic rings. The van der Waals surface area contributed by atoms with Gasteiger partial charge in [-0.05, 0) is 25.0 Å². The summed E-state index contributed by atoms with van der Waals surface area (Å²) in [5, 5.41) is 3.13. The number of aromatic nitrogens is 6. The second kappa shape index (κ2) is 8.38. The molecule has 0 aromatic carbocycles. The van der Waals surface area contributed by atoms with E-state index in [1.54, 1.807) is 55.5 Å². The Morgan fingerprint density at radius 2 is 2.04 bits per heavy atom. The third-order valence-corrected chi connectivity index (χ3v) is 4.57. The van der Waals surface area contributed by atoms with Crippen molar-refractivity contribution in [3.63, 3.8) is 0 Å². The lowest BCUT2D eigenvalue weighted by Gasteiger charge is -2.32. The molecule has 2 N–H and O–H groups in total. The summed E-state index contributed by atoms with van der Waals surface area (Å²) in [5.41, 5.74) is 1.62. The molecule has 1 saturated heterocycles. The van der Waals surface area contributed by atoms with Gasteiger partial charge in [-0.2, -0.15) is 0 Å². The Labute approximate surface area is 162 Å². The maximum atomic E-state index is 12.6. The summed E-state index contributed by atoms with van der Waals surface area (Å²) in [4.78, 5) is 38.6. The van der Waals surface area contributed by atoms with Crippen LogP contribution in [0.2, 0.25) is 0 Å². The molecule has 1 amide bonds. The van der Waals surface area contributed by atoms with Crippen LogP contribution in [-0.2, 0) is 4.79 Å². The van der Waals surface area contributed by atoms with Crippen molar-refractivity contribution >= 4 is 23.7 Å². The highest BCUT2D eigenvalue weighted by Crippen LogP contribution is 2.30. The Morgan fingerprint density at radius 3 is 2.86 bits per heavy atom. The lowest BCUT2D eigenvalue weighted by molar-refractivity contribution is -0.127. The first-order valence-electron chi connectivity index (χ1n) is 9.10. The number of rotatable bonds is 5. The van der Waals surface area contributed by atoms with Crippen LogP contribution in [0.5, 0.6) is 0 Å². The first-order valence-corrected chi connectivity index (χ1v) is 9.10. The van der Waals surface area contributed by atoms with Gasteiger partial charge in [-0.1, -0.05) is 0 Å². The second-order valence-corrected chi connectivity index (χ2v) is 6.45. The van der Waals surface area contributed by atoms with Crippen molar-refractivity contribution in [3.05, 3.63) is 60.8 Å². The second-order valence-electron chi connectivity index (χ2n) is 6.45. The fraction of sp³-hybridized carbons (Fsp3) is 0.263. The largest absolute Gasteiger partial charge is 0.345 e. The Bertz CT molecular complexity index is 942. The van der Waals surface area contributed by atoms with Gasteiger partial charge in [-0.15, -0.1) is 0 Å². The molecule has 9 heteroatoms. The minimum absolute atomic E-state index is 0.0240. The van der Waals surface area contributed by atoms with Gasteiger partial charge >= 0.3 is 0 Å². The monoisotopic (exact) mass is 376 g/mol. The smallest absolute Gasteiger partial charge is 0.246 e. The molecule has 1 atom stereocenters. The summed E-state index contributed by atoms with van der Waals surface area (Å²) in [7, 11) is 0. The standard InChI is InChI=1S/C19H20N8O/c28-16(5-4-15-11-20-13-25-15)27-10-1-3-14(12-27)17-18(22-9-8-21-17)26-19-23-6-2-7-24-19/h2,4-9,11,13-14H,1,3,10,12H2,(H,20,25)(H,22,23,24,26)/b5-4+/t14-/m0/s1. The minimum atomic E-state index is -0.0240. The van der Waals surface area contributed by atoms with Crippen molar-refractivity contribution < 1.29 is 4.79 Å². The lowest BCUT2D eigenvalue weighted by Crippen LogP contribution is -2.38. The number of piperidine rings is 1. The van der Waals surface area contributed by atoms with Crippen LogP contribution in [-0.4, -0.2) is 53.8 Å². The van der Waals surface area contributed by atoms with Gasteiger partial charge in [0.1, 0.15) is 0 Å². The molecule has 0 unspecified atom stereocenters. The van der Waals surface area contributed by atoms with E-state index in [1.165, 1.54) is 0 Å². The molecule has 0 spiro atoms. The molecule has 3 aromatic rings. The zero-order valence-corrected chi connectivity index (χ0v) is 15.2. The number of anilines is 2. The van der Waals surface area contributed by atoms with Gasteiger partial charge in [0, 0.05) is 49.9 Å². The molecule has 1 fully saturated rings. The Balaban J connectivity index is 1.48. The Morgan fingerprint density at radius 1 is 1.18 bits per heavy atom. The van der Waals surface area contributed by atoms with Crippen LogP contribution in [0.4, 0.5) is 11.8 Å². The van der Waals surface area contributed by atoms with E-state index >= 15 is 0 Å². The maximum absolute atomic E-state index is 12.6. The highest BCUT2D eigenvalue weighted by atomic mass is 16.2. The summed E-state index contributed by atoms with van der Waals surface area (Å²) in [6.07, 6.45) is 15.1. The van der Waals surface area contributed by atoms with E-state index in [9.17, 15) is 4.79 Å². The summed E-state index contributed by atoms with van der Waals surface area (Å²) < 4.78 is 0. The fourth-order valence-electron chi connectivity index (χ4n) is 3.24. The van der Waals surface area contributed by atoms with Gasteiger partial charge in [0.15, 0.2) is 5.82 Å².